The second kappa shape index (κ2) is 6.46. The third-order valence-corrected chi connectivity index (χ3v) is 0.992. The van der Waals surface area contributed by atoms with Gasteiger partial charge in [0, 0.05) is 6.42 Å². The van der Waals surface area contributed by atoms with E-state index < -0.39 is 0 Å². The summed E-state index contributed by atoms with van der Waals surface area (Å²) in [5.41, 5.74) is 0. The van der Waals surface area contributed by atoms with Gasteiger partial charge in [-0.3, -0.25) is 0 Å². The van der Waals surface area contributed by atoms with Gasteiger partial charge >= 0.3 is 0 Å². The van der Waals surface area contributed by atoms with Crippen molar-refractivity contribution in [2.45, 2.75) is 12.6 Å². The van der Waals surface area contributed by atoms with Crippen molar-refractivity contribution in [2.24, 2.45) is 9.98 Å². The van der Waals surface area contributed by atoms with Crippen LogP contribution in [-0.2, 0) is 0 Å². The van der Waals surface area contributed by atoms with Gasteiger partial charge in [0.15, 0.2) is 6.17 Å². The van der Waals surface area contributed by atoms with Crippen LogP contribution < -0.4 is 0 Å². The summed E-state index contributed by atoms with van der Waals surface area (Å²) in [5, 5.41) is 4.44. The smallest absolute Gasteiger partial charge is 0.163 e. The lowest BCUT2D eigenvalue weighted by Gasteiger charge is -1.95. The fourth-order valence-electron chi connectivity index (χ4n) is 0.405. The average Bonchev–Trinajstić information content (AvgIpc) is 1.90. The first kappa shape index (κ1) is 9.34. The molecular formula is C6H6N2S2. The number of nitrogens with zero attached hydrogens (tertiary/aromatic N) is 2. The third kappa shape index (κ3) is 4.24. The predicted octanol–water partition coefficient (Wildman–Crippen LogP) is 2.09. The molecule has 0 saturated carbocycles. The molecule has 0 heterocycles. The van der Waals surface area contributed by atoms with Crippen LogP contribution in [0, 0.1) is 0 Å². The topological polar surface area (TPSA) is 24.7 Å². The molecule has 0 fully saturated rings. The van der Waals surface area contributed by atoms with Gasteiger partial charge in [-0.05, 0) is 24.4 Å². The Morgan fingerprint density at radius 2 is 1.90 bits per heavy atom. The summed E-state index contributed by atoms with van der Waals surface area (Å²) in [6.45, 7) is 3.52. The Balaban J connectivity index is 4.08. The number of thiocarbonyl (C=S) groups is 2. The molecule has 0 rings (SSSR count). The molecule has 0 amide bonds. The summed E-state index contributed by atoms with van der Waals surface area (Å²) in [6.07, 6.45) is 2.04. The molecule has 0 N–H and O–H groups in total. The van der Waals surface area contributed by atoms with E-state index >= 15 is 0 Å². The quantitative estimate of drug-likeness (QED) is 0.366. The summed E-state index contributed by atoms with van der Waals surface area (Å²) in [5.74, 6) is 0. The zero-order valence-electron chi connectivity index (χ0n) is 5.28. The van der Waals surface area contributed by atoms with E-state index in [1.807, 2.05) is 0 Å². The summed E-state index contributed by atoms with van der Waals surface area (Å²) in [4.78, 5) is 7.40. The van der Waals surface area contributed by atoms with E-state index in [0.717, 1.165) is 0 Å². The minimum absolute atomic E-state index is 0.271. The Labute approximate surface area is 70.4 Å². The molecule has 0 atom stereocenters. The van der Waals surface area contributed by atoms with Crippen LogP contribution in [0.4, 0.5) is 0 Å². The highest BCUT2D eigenvalue weighted by atomic mass is 32.1. The Hall–Kier alpha value is -0.660. The lowest BCUT2D eigenvalue weighted by atomic mass is 10.3. The van der Waals surface area contributed by atoms with E-state index in [1.165, 1.54) is 0 Å². The van der Waals surface area contributed by atoms with E-state index in [4.69, 9.17) is 0 Å². The highest BCUT2D eigenvalue weighted by Crippen LogP contribution is 1.97. The van der Waals surface area contributed by atoms with Crippen LogP contribution in [0.15, 0.2) is 22.6 Å². The molecule has 0 spiro atoms. The predicted molar refractivity (Wildman–Crippen MR) is 48.7 cm³/mol. The maximum atomic E-state index is 4.38. The maximum absolute atomic E-state index is 4.38. The molecule has 0 aromatic rings. The van der Waals surface area contributed by atoms with Crippen molar-refractivity contribution in [3.63, 3.8) is 0 Å². The number of isothiocyanates is 2. The van der Waals surface area contributed by atoms with Crippen LogP contribution in [0.5, 0.6) is 0 Å². The summed E-state index contributed by atoms with van der Waals surface area (Å²) >= 11 is 8.77. The first-order valence-electron chi connectivity index (χ1n) is 2.60. The highest BCUT2D eigenvalue weighted by Gasteiger charge is 1.96. The number of hydrogen-bond acceptors (Lipinski definition) is 4. The van der Waals surface area contributed by atoms with Crippen LogP contribution in [0.25, 0.3) is 0 Å². The van der Waals surface area contributed by atoms with Crippen LogP contribution in [-0.4, -0.2) is 16.5 Å². The van der Waals surface area contributed by atoms with Gasteiger partial charge in [-0.1, -0.05) is 6.08 Å². The fraction of sp³-hybridized carbons (Fsp3) is 0.333. The van der Waals surface area contributed by atoms with Crippen molar-refractivity contribution in [2.75, 3.05) is 0 Å². The summed E-state index contributed by atoms with van der Waals surface area (Å²) < 4.78 is 0. The van der Waals surface area contributed by atoms with Gasteiger partial charge in [0.25, 0.3) is 0 Å². The van der Waals surface area contributed by atoms with Crippen molar-refractivity contribution < 1.29 is 0 Å². The van der Waals surface area contributed by atoms with Crippen LogP contribution in [0.3, 0.4) is 0 Å². The molecular weight excluding hydrogens is 164 g/mol. The lowest BCUT2D eigenvalue weighted by molar-refractivity contribution is 0.737. The van der Waals surface area contributed by atoms with Crippen molar-refractivity contribution in [1.29, 1.82) is 0 Å². The van der Waals surface area contributed by atoms with Crippen molar-refractivity contribution in [3.8, 4) is 0 Å². The minimum Gasteiger partial charge on any atom is -0.204 e. The highest BCUT2D eigenvalue weighted by molar-refractivity contribution is 7.78. The van der Waals surface area contributed by atoms with E-state index in [9.17, 15) is 0 Å². The molecule has 4 heteroatoms. The van der Waals surface area contributed by atoms with Crippen LogP contribution >= 0.6 is 24.4 Å². The molecule has 0 aliphatic heterocycles. The molecule has 0 bridgehead atoms. The Bertz CT molecular complexity index is 182. The van der Waals surface area contributed by atoms with Gasteiger partial charge in [0.05, 0.1) is 10.3 Å². The van der Waals surface area contributed by atoms with Crippen molar-refractivity contribution >= 4 is 34.8 Å². The summed E-state index contributed by atoms with van der Waals surface area (Å²) in [7, 11) is 0. The van der Waals surface area contributed by atoms with E-state index in [2.05, 4.69) is 51.3 Å². The monoisotopic (exact) mass is 170 g/mol. The first-order chi connectivity index (χ1) is 4.85. The van der Waals surface area contributed by atoms with Crippen molar-refractivity contribution in [3.05, 3.63) is 12.7 Å². The zero-order valence-corrected chi connectivity index (χ0v) is 6.91. The van der Waals surface area contributed by atoms with Gasteiger partial charge in [0.1, 0.15) is 0 Å². The van der Waals surface area contributed by atoms with Gasteiger partial charge < -0.3 is 0 Å². The van der Waals surface area contributed by atoms with E-state index in [-0.39, 0.29) is 6.17 Å². The molecule has 0 radical (unpaired) electrons. The van der Waals surface area contributed by atoms with Gasteiger partial charge in [-0.15, -0.1) is 6.58 Å². The average molecular weight is 170 g/mol. The lowest BCUT2D eigenvalue weighted by Crippen LogP contribution is -1.95. The SMILES string of the molecule is C=CCC(N=C=S)N=C=S. The fourth-order valence-corrected chi connectivity index (χ4v) is 0.648. The molecule has 0 aromatic carbocycles. The van der Waals surface area contributed by atoms with E-state index in [0.29, 0.717) is 6.42 Å². The molecule has 0 aliphatic rings. The normalized spacial score (nSPS) is 10.4. The van der Waals surface area contributed by atoms with Crippen LogP contribution in [0.2, 0.25) is 0 Å². The van der Waals surface area contributed by atoms with Gasteiger partial charge in [0.2, 0.25) is 0 Å². The third-order valence-electron chi connectivity index (χ3n) is 0.781. The van der Waals surface area contributed by atoms with E-state index in [1.54, 1.807) is 6.08 Å². The molecule has 0 saturated heterocycles. The Morgan fingerprint density at radius 3 is 2.20 bits per heavy atom. The molecule has 0 aliphatic carbocycles. The largest absolute Gasteiger partial charge is 0.204 e. The molecule has 0 aromatic heterocycles. The standard InChI is InChI=1S/C6H6N2S2/c1-2-3-6(7-4-9)8-5-10/h2,6H,1,3H2. The molecule has 2 nitrogen and oxygen atoms in total. The van der Waals surface area contributed by atoms with Crippen molar-refractivity contribution in [1.82, 2.24) is 0 Å². The summed E-state index contributed by atoms with van der Waals surface area (Å²) in [6, 6.07) is 0. The molecule has 52 valence electrons. The second-order valence-electron chi connectivity index (χ2n) is 1.45. The van der Waals surface area contributed by atoms with Gasteiger partial charge in [-0.25, -0.2) is 9.98 Å². The van der Waals surface area contributed by atoms with Crippen LogP contribution in [0.1, 0.15) is 6.42 Å². The minimum atomic E-state index is -0.271. The zero-order chi connectivity index (χ0) is 7.82. The Morgan fingerprint density at radius 1 is 1.40 bits per heavy atom. The Kier molecular flexibility index (Phi) is 6.03. The maximum Gasteiger partial charge on any atom is 0.163 e. The number of hydrogen-bond donors (Lipinski definition) is 0. The molecule has 0 unspecified atom stereocenters. The van der Waals surface area contributed by atoms with Gasteiger partial charge in [-0.2, -0.15) is 0 Å². The molecule has 10 heavy (non-hydrogen) atoms. The second-order valence-corrected chi connectivity index (χ2v) is 1.81. The number of rotatable bonds is 4. The first-order valence-corrected chi connectivity index (χ1v) is 3.41. The number of aliphatic imine (C=N–C) groups is 2.